The summed E-state index contributed by atoms with van der Waals surface area (Å²) in [6.45, 7) is 8.20. The van der Waals surface area contributed by atoms with Crippen LogP contribution in [-0.4, -0.2) is 40.6 Å². The Morgan fingerprint density at radius 3 is 2.91 bits per heavy atom. The van der Waals surface area contributed by atoms with Crippen molar-refractivity contribution in [2.75, 3.05) is 24.7 Å². The fourth-order valence-corrected chi connectivity index (χ4v) is 2.92. The van der Waals surface area contributed by atoms with E-state index in [0.29, 0.717) is 13.2 Å². The molecule has 0 spiro atoms. The number of anilines is 1. The first kappa shape index (κ1) is 14.8. The number of aromatic nitrogens is 3. The lowest BCUT2D eigenvalue weighted by Crippen LogP contribution is -2.44. The number of aryl methyl sites for hydroxylation is 1. The molecule has 3 heterocycles. The summed E-state index contributed by atoms with van der Waals surface area (Å²) in [7, 11) is 1.89. The molecule has 3 rings (SSSR count). The second kappa shape index (κ2) is 5.25. The molecule has 2 aromatic heterocycles. The molecule has 1 saturated heterocycles. The van der Waals surface area contributed by atoms with Crippen LogP contribution in [0.15, 0.2) is 12.3 Å². The summed E-state index contributed by atoms with van der Waals surface area (Å²) in [6.07, 6.45) is 1.76. The maximum atomic E-state index is 9.55. The van der Waals surface area contributed by atoms with E-state index < -0.39 is 5.41 Å². The lowest BCUT2D eigenvalue weighted by molar-refractivity contribution is 0.0985. The fourth-order valence-electron chi connectivity index (χ4n) is 2.92. The predicted octanol–water partition coefficient (Wildman–Crippen LogP) is 1.99. The van der Waals surface area contributed by atoms with Crippen LogP contribution in [0.25, 0.3) is 11.0 Å². The molecule has 0 saturated carbocycles. The molecule has 0 radical (unpaired) electrons. The van der Waals surface area contributed by atoms with Gasteiger partial charge in [0.05, 0.1) is 42.5 Å². The van der Waals surface area contributed by atoms with Crippen molar-refractivity contribution in [3.05, 3.63) is 17.8 Å². The number of nitrogens with zero attached hydrogens (tertiary/aromatic N) is 5. The summed E-state index contributed by atoms with van der Waals surface area (Å²) >= 11 is 0. The van der Waals surface area contributed by atoms with Crippen LogP contribution in [-0.2, 0) is 17.2 Å². The quantitative estimate of drug-likeness (QED) is 0.848. The number of pyridine rings is 1. The largest absolute Gasteiger partial charge is 0.377 e. The lowest BCUT2D eigenvalue weighted by atomic mass is 9.85. The van der Waals surface area contributed by atoms with Crippen LogP contribution in [0.4, 0.5) is 5.82 Å². The summed E-state index contributed by atoms with van der Waals surface area (Å²) in [6, 6.07) is 4.70. The number of morpholine rings is 1. The Balaban J connectivity index is 2.20. The van der Waals surface area contributed by atoms with Crippen molar-refractivity contribution in [1.82, 2.24) is 14.8 Å². The van der Waals surface area contributed by atoms with E-state index in [2.05, 4.69) is 23.0 Å². The Morgan fingerprint density at radius 2 is 2.23 bits per heavy atom. The fraction of sp³-hybridized carbons (Fsp3) is 0.562. The highest BCUT2D eigenvalue weighted by Crippen LogP contribution is 2.32. The molecule has 0 amide bonds. The van der Waals surface area contributed by atoms with Crippen LogP contribution < -0.4 is 4.90 Å². The van der Waals surface area contributed by atoms with Crippen LogP contribution in [0.5, 0.6) is 0 Å². The smallest absolute Gasteiger partial charge is 0.130 e. The topological polar surface area (TPSA) is 67.0 Å². The van der Waals surface area contributed by atoms with Gasteiger partial charge in [0.25, 0.3) is 0 Å². The van der Waals surface area contributed by atoms with Gasteiger partial charge in [-0.25, -0.2) is 4.98 Å². The second-order valence-corrected chi connectivity index (χ2v) is 6.38. The third-order valence-corrected chi connectivity index (χ3v) is 4.30. The summed E-state index contributed by atoms with van der Waals surface area (Å²) in [5, 5.41) is 13.9. The first-order valence-electron chi connectivity index (χ1n) is 7.53. The minimum absolute atomic E-state index is 0.272. The van der Waals surface area contributed by atoms with Gasteiger partial charge in [0.2, 0.25) is 0 Å². The highest BCUT2D eigenvalue weighted by molar-refractivity contribution is 5.82. The number of hydrogen-bond donors (Lipinski definition) is 0. The Labute approximate surface area is 130 Å². The van der Waals surface area contributed by atoms with E-state index in [9.17, 15) is 5.26 Å². The van der Waals surface area contributed by atoms with E-state index >= 15 is 0 Å². The van der Waals surface area contributed by atoms with E-state index in [-0.39, 0.29) is 6.04 Å². The Hall–Kier alpha value is -2.13. The molecular formula is C16H21N5O. The molecular weight excluding hydrogens is 278 g/mol. The lowest BCUT2D eigenvalue weighted by Gasteiger charge is -2.35. The zero-order valence-corrected chi connectivity index (χ0v) is 13.5. The Kier molecular flexibility index (Phi) is 3.53. The third kappa shape index (κ3) is 2.32. The molecule has 0 N–H and O–H groups in total. The third-order valence-electron chi connectivity index (χ3n) is 4.30. The van der Waals surface area contributed by atoms with Gasteiger partial charge in [-0.3, -0.25) is 4.68 Å². The first-order valence-corrected chi connectivity index (χ1v) is 7.53. The standard InChI is InChI=1S/C16H21N5O/c1-11-9-22-6-5-21(11)14-7-12(16(2,3)10-17)15-13(19-14)8-18-20(15)4/h7-8,11H,5-6,9H2,1-4H3/t11-/m1/s1. The number of hydrogen-bond acceptors (Lipinski definition) is 5. The van der Waals surface area contributed by atoms with Crippen molar-refractivity contribution in [3.8, 4) is 6.07 Å². The van der Waals surface area contributed by atoms with E-state index in [1.165, 1.54) is 0 Å². The average molecular weight is 299 g/mol. The molecule has 1 aliphatic rings. The Morgan fingerprint density at radius 1 is 1.45 bits per heavy atom. The van der Waals surface area contributed by atoms with Gasteiger partial charge >= 0.3 is 0 Å². The summed E-state index contributed by atoms with van der Waals surface area (Å²) in [4.78, 5) is 7.00. The zero-order valence-electron chi connectivity index (χ0n) is 13.5. The monoisotopic (exact) mass is 299 g/mol. The predicted molar refractivity (Wildman–Crippen MR) is 84.8 cm³/mol. The van der Waals surface area contributed by atoms with Gasteiger partial charge in [-0.1, -0.05) is 0 Å². The normalized spacial score (nSPS) is 19.4. The molecule has 6 nitrogen and oxygen atoms in total. The van der Waals surface area contributed by atoms with Gasteiger partial charge in [0, 0.05) is 19.2 Å². The molecule has 1 aliphatic heterocycles. The van der Waals surface area contributed by atoms with Crippen LogP contribution in [0.2, 0.25) is 0 Å². The molecule has 22 heavy (non-hydrogen) atoms. The highest BCUT2D eigenvalue weighted by Gasteiger charge is 2.28. The van der Waals surface area contributed by atoms with Crippen molar-refractivity contribution < 1.29 is 4.74 Å². The van der Waals surface area contributed by atoms with Gasteiger partial charge in [-0.15, -0.1) is 0 Å². The van der Waals surface area contributed by atoms with Crippen molar-refractivity contribution in [1.29, 1.82) is 5.26 Å². The molecule has 1 atom stereocenters. The van der Waals surface area contributed by atoms with Gasteiger partial charge in [-0.2, -0.15) is 10.4 Å². The SMILES string of the molecule is C[C@@H]1COCCN1c1cc(C(C)(C)C#N)c2c(cnn2C)n1. The molecule has 2 aromatic rings. The molecule has 116 valence electrons. The van der Waals surface area contributed by atoms with E-state index in [0.717, 1.165) is 29.0 Å². The maximum Gasteiger partial charge on any atom is 0.130 e. The number of rotatable bonds is 2. The van der Waals surface area contributed by atoms with Crippen LogP contribution in [0.3, 0.4) is 0 Å². The van der Waals surface area contributed by atoms with E-state index in [1.807, 2.05) is 27.0 Å². The van der Waals surface area contributed by atoms with Gasteiger partial charge in [0.15, 0.2) is 0 Å². The average Bonchev–Trinajstić information content (AvgIpc) is 2.88. The van der Waals surface area contributed by atoms with Crippen molar-refractivity contribution >= 4 is 16.9 Å². The van der Waals surface area contributed by atoms with Crippen LogP contribution in [0.1, 0.15) is 26.3 Å². The second-order valence-electron chi connectivity index (χ2n) is 6.38. The van der Waals surface area contributed by atoms with Crippen LogP contribution >= 0.6 is 0 Å². The molecule has 0 unspecified atom stereocenters. The van der Waals surface area contributed by atoms with Crippen LogP contribution in [0, 0.1) is 11.3 Å². The maximum absolute atomic E-state index is 9.55. The van der Waals surface area contributed by atoms with E-state index in [1.54, 1.807) is 10.9 Å². The number of ether oxygens (including phenoxy) is 1. The number of fused-ring (bicyclic) bond motifs is 1. The molecule has 0 aliphatic carbocycles. The van der Waals surface area contributed by atoms with E-state index in [4.69, 9.17) is 9.72 Å². The van der Waals surface area contributed by atoms with Gasteiger partial charge in [0.1, 0.15) is 11.3 Å². The zero-order chi connectivity index (χ0) is 15.9. The minimum atomic E-state index is -0.598. The molecule has 6 heteroatoms. The first-order chi connectivity index (χ1) is 10.4. The van der Waals surface area contributed by atoms with Crippen molar-refractivity contribution in [2.45, 2.75) is 32.2 Å². The van der Waals surface area contributed by atoms with Gasteiger partial charge in [-0.05, 0) is 26.8 Å². The molecule has 0 bridgehead atoms. The highest BCUT2D eigenvalue weighted by atomic mass is 16.5. The van der Waals surface area contributed by atoms with Crippen molar-refractivity contribution in [3.63, 3.8) is 0 Å². The Bertz CT molecular complexity index is 743. The van der Waals surface area contributed by atoms with Gasteiger partial charge < -0.3 is 9.64 Å². The summed E-state index contributed by atoms with van der Waals surface area (Å²) in [5.41, 5.74) is 2.13. The summed E-state index contributed by atoms with van der Waals surface area (Å²) < 4.78 is 7.30. The molecule has 0 aromatic carbocycles. The summed E-state index contributed by atoms with van der Waals surface area (Å²) in [5.74, 6) is 0.898. The van der Waals surface area contributed by atoms with Crippen molar-refractivity contribution in [2.24, 2.45) is 7.05 Å². The molecule has 1 fully saturated rings. The number of nitriles is 1. The minimum Gasteiger partial charge on any atom is -0.377 e.